The summed E-state index contributed by atoms with van der Waals surface area (Å²) in [7, 11) is 3.58. The van der Waals surface area contributed by atoms with Crippen molar-refractivity contribution in [2.75, 3.05) is 26.7 Å². The number of rotatable bonds is 5. The van der Waals surface area contributed by atoms with Gasteiger partial charge in [-0.25, -0.2) is 0 Å². The maximum atomic E-state index is 12.6. The van der Waals surface area contributed by atoms with E-state index in [9.17, 15) is 4.79 Å². The number of likely N-dealkylation sites (N-methyl/N-ethyl adjacent to an activating group) is 1. The number of aromatic nitrogens is 1. The number of likely N-dealkylation sites (tertiary alicyclic amines) is 1. The third-order valence-corrected chi connectivity index (χ3v) is 4.89. The average Bonchev–Trinajstić information content (AvgIpc) is 3.16. The zero-order chi connectivity index (χ0) is 16.4. The molecule has 3 rings (SSSR count). The molecule has 0 saturated carbocycles. The quantitative estimate of drug-likeness (QED) is 0.921. The number of amides is 1. The number of methoxy groups -OCH3 is 1. The molecule has 5 nitrogen and oxygen atoms in total. The van der Waals surface area contributed by atoms with Gasteiger partial charge in [-0.05, 0) is 50.2 Å². The summed E-state index contributed by atoms with van der Waals surface area (Å²) < 4.78 is 7.20. The fourth-order valence-corrected chi connectivity index (χ4v) is 3.52. The maximum absolute atomic E-state index is 12.6. The molecule has 1 atom stereocenters. The van der Waals surface area contributed by atoms with Crippen molar-refractivity contribution < 1.29 is 9.53 Å². The van der Waals surface area contributed by atoms with Crippen molar-refractivity contribution in [2.45, 2.75) is 25.8 Å². The molecule has 124 valence electrons. The average molecular weight is 315 g/mol. The Labute approximate surface area is 137 Å². The first-order valence-corrected chi connectivity index (χ1v) is 8.29. The number of aryl methyl sites for hydroxylation is 1. The molecule has 23 heavy (non-hydrogen) atoms. The molecule has 2 heterocycles. The van der Waals surface area contributed by atoms with Crippen LogP contribution in [0.5, 0.6) is 5.75 Å². The van der Waals surface area contributed by atoms with Crippen molar-refractivity contribution in [3.8, 4) is 5.75 Å². The van der Waals surface area contributed by atoms with Gasteiger partial charge in [0.25, 0.3) is 5.91 Å². The minimum atomic E-state index is -0.00869. The Hall–Kier alpha value is -2.01. The zero-order valence-corrected chi connectivity index (χ0v) is 14.1. The SMILES string of the molecule is CCN1CCCC1CNC(=O)c1cc2cc(OC)ccc2n1C. The van der Waals surface area contributed by atoms with Gasteiger partial charge >= 0.3 is 0 Å². The normalized spacial score (nSPS) is 18.5. The molecule has 1 unspecified atom stereocenters. The van der Waals surface area contributed by atoms with E-state index >= 15 is 0 Å². The second kappa shape index (κ2) is 6.62. The minimum absolute atomic E-state index is 0.00869. The van der Waals surface area contributed by atoms with Crippen LogP contribution in [0.25, 0.3) is 10.9 Å². The van der Waals surface area contributed by atoms with Crippen LogP contribution < -0.4 is 10.1 Å². The highest BCUT2D eigenvalue weighted by atomic mass is 16.5. The van der Waals surface area contributed by atoms with Crippen LogP contribution >= 0.6 is 0 Å². The fraction of sp³-hybridized carbons (Fsp3) is 0.500. The first-order valence-electron chi connectivity index (χ1n) is 8.29. The number of carbonyl (C=O) groups is 1. The van der Waals surface area contributed by atoms with Crippen LogP contribution in [0.3, 0.4) is 0 Å². The van der Waals surface area contributed by atoms with Crippen LogP contribution in [0.1, 0.15) is 30.3 Å². The van der Waals surface area contributed by atoms with Crippen molar-refractivity contribution >= 4 is 16.8 Å². The van der Waals surface area contributed by atoms with Crippen molar-refractivity contribution in [3.63, 3.8) is 0 Å². The van der Waals surface area contributed by atoms with E-state index in [1.165, 1.54) is 12.8 Å². The second-order valence-corrected chi connectivity index (χ2v) is 6.15. The largest absolute Gasteiger partial charge is 0.497 e. The molecular formula is C18H25N3O2. The van der Waals surface area contributed by atoms with E-state index in [1.807, 2.05) is 35.9 Å². The molecule has 1 amide bonds. The first kappa shape index (κ1) is 15.9. The molecule has 1 aliphatic rings. The Morgan fingerprint density at radius 2 is 2.22 bits per heavy atom. The molecule has 1 aliphatic heterocycles. The smallest absolute Gasteiger partial charge is 0.267 e. The lowest BCUT2D eigenvalue weighted by atomic mass is 10.2. The highest BCUT2D eigenvalue weighted by molar-refractivity contribution is 5.99. The molecule has 2 aromatic rings. The lowest BCUT2D eigenvalue weighted by Crippen LogP contribution is -2.40. The van der Waals surface area contributed by atoms with Crippen LogP contribution in [0, 0.1) is 0 Å². The van der Waals surface area contributed by atoms with E-state index in [4.69, 9.17) is 4.74 Å². The van der Waals surface area contributed by atoms with Gasteiger partial charge in [0.15, 0.2) is 0 Å². The van der Waals surface area contributed by atoms with E-state index in [0.29, 0.717) is 11.7 Å². The Bertz CT molecular complexity index is 708. The summed E-state index contributed by atoms with van der Waals surface area (Å²) in [6.45, 7) is 5.09. The number of hydrogen-bond donors (Lipinski definition) is 1. The van der Waals surface area contributed by atoms with Gasteiger partial charge in [0.1, 0.15) is 11.4 Å². The van der Waals surface area contributed by atoms with Crippen molar-refractivity contribution in [1.29, 1.82) is 0 Å². The number of fused-ring (bicyclic) bond motifs is 1. The summed E-state index contributed by atoms with van der Waals surface area (Å²) in [5.41, 5.74) is 1.72. The molecule has 1 aromatic heterocycles. The van der Waals surface area contributed by atoms with Gasteiger partial charge in [-0.3, -0.25) is 9.69 Å². The summed E-state index contributed by atoms with van der Waals surface area (Å²) in [6, 6.07) is 8.27. The van der Waals surface area contributed by atoms with Gasteiger partial charge in [0.2, 0.25) is 0 Å². The van der Waals surface area contributed by atoms with E-state index in [1.54, 1.807) is 7.11 Å². The third kappa shape index (κ3) is 3.06. The number of benzene rings is 1. The van der Waals surface area contributed by atoms with E-state index in [0.717, 1.165) is 36.3 Å². The molecule has 5 heteroatoms. The fourth-order valence-electron chi connectivity index (χ4n) is 3.52. The van der Waals surface area contributed by atoms with Gasteiger partial charge in [-0.15, -0.1) is 0 Å². The van der Waals surface area contributed by atoms with Crippen LogP contribution in [0.2, 0.25) is 0 Å². The van der Waals surface area contributed by atoms with Gasteiger partial charge < -0.3 is 14.6 Å². The monoisotopic (exact) mass is 315 g/mol. The molecule has 1 N–H and O–H groups in total. The van der Waals surface area contributed by atoms with Crippen molar-refractivity contribution in [2.24, 2.45) is 7.05 Å². The van der Waals surface area contributed by atoms with Gasteiger partial charge in [0, 0.05) is 30.5 Å². The Morgan fingerprint density at radius 3 is 2.96 bits per heavy atom. The molecule has 0 aliphatic carbocycles. The Balaban J connectivity index is 1.74. The maximum Gasteiger partial charge on any atom is 0.267 e. The predicted octanol–water partition coefficient (Wildman–Crippen LogP) is 2.40. The minimum Gasteiger partial charge on any atom is -0.497 e. The third-order valence-electron chi connectivity index (χ3n) is 4.89. The predicted molar refractivity (Wildman–Crippen MR) is 92.1 cm³/mol. The first-order chi connectivity index (χ1) is 11.1. The molecule has 0 spiro atoms. The second-order valence-electron chi connectivity index (χ2n) is 6.15. The van der Waals surface area contributed by atoms with E-state index < -0.39 is 0 Å². The highest BCUT2D eigenvalue weighted by Crippen LogP contribution is 2.24. The van der Waals surface area contributed by atoms with Crippen LogP contribution in [0.15, 0.2) is 24.3 Å². The number of ether oxygens (including phenoxy) is 1. The number of hydrogen-bond acceptors (Lipinski definition) is 3. The van der Waals surface area contributed by atoms with E-state index in [2.05, 4.69) is 17.1 Å². The summed E-state index contributed by atoms with van der Waals surface area (Å²) in [5, 5.41) is 4.12. The van der Waals surface area contributed by atoms with Gasteiger partial charge in [0.05, 0.1) is 7.11 Å². The standard InChI is InChI=1S/C18H25N3O2/c1-4-21-9-5-6-14(21)12-19-18(22)17-11-13-10-15(23-3)7-8-16(13)20(17)2/h7-8,10-11,14H,4-6,9,12H2,1-3H3,(H,19,22). The molecule has 1 fully saturated rings. The van der Waals surface area contributed by atoms with Crippen LogP contribution in [-0.4, -0.2) is 48.2 Å². The summed E-state index contributed by atoms with van der Waals surface area (Å²) >= 11 is 0. The molecule has 0 bridgehead atoms. The molecular weight excluding hydrogens is 290 g/mol. The number of nitrogens with zero attached hydrogens (tertiary/aromatic N) is 2. The molecule has 1 aromatic carbocycles. The Morgan fingerprint density at radius 1 is 1.39 bits per heavy atom. The lowest BCUT2D eigenvalue weighted by Gasteiger charge is -2.22. The topological polar surface area (TPSA) is 46.5 Å². The summed E-state index contributed by atoms with van der Waals surface area (Å²) in [4.78, 5) is 15.0. The molecule has 0 radical (unpaired) electrons. The number of nitrogens with one attached hydrogen (secondary N) is 1. The number of carbonyl (C=O) groups excluding carboxylic acids is 1. The zero-order valence-electron chi connectivity index (χ0n) is 14.1. The molecule has 1 saturated heterocycles. The summed E-state index contributed by atoms with van der Waals surface area (Å²) in [5.74, 6) is 0.797. The van der Waals surface area contributed by atoms with E-state index in [-0.39, 0.29) is 5.91 Å². The van der Waals surface area contributed by atoms with Crippen LogP contribution in [-0.2, 0) is 7.05 Å². The van der Waals surface area contributed by atoms with Crippen molar-refractivity contribution in [3.05, 3.63) is 30.0 Å². The summed E-state index contributed by atoms with van der Waals surface area (Å²) in [6.07, 6.45) is 2.39. The van der Waals surface area contributed by atoms with Crippen LogP contribution in [0.4, 0.5) is 0 Å². The lowest BCUT2D eigenvalue weighted by molar-refractivity contribution is 0.0933. The Kier molecular flexibility index (Phi) is 4.57. The highest BCUT2D eigenvalue weighted by Gasteiger charge is 2.24. The van der Waals surface area contributed by atoms with Gasteiger partial charge in [-0.2, -0.15) is 0 Å². The van der Waals surface area contributed by atoms with Gasteiger partial charge in [-0.1, -0.05) is 6.92 Å². The van der Waals surface area contributed by atoms with Crippen molar-refractivity contribution in [1.82, 2.24) is 14.8 Å².